The van der Waals surface area contributed by atoms with E-state index in [0.29, 0.717) is 0 Å². The van der Waals surface area contributed by atoms with Crippen LogP contribution in [0.3, 0.4) is 0 Å². The molecule has 0 aliphatic heterocycles. The molecule has 24 heavy (non-hydrogen) atoms. The summed E-state index contributed by atoms with van der Waals surface area (Å²) in [7, 11) is 0. The number of aliphatic carboxylic acids is 1. The van der Waals surface area contributed by atoms with E-state index in [1.807, 2.05) is 0 Å². The van der Waals surface area contributed by atoms with E-state index < -0.39 is 56.6 Å². The molecule has 0 bridgehead atoms. The molecule has 0 saturated carbocycles. The number of hydrogen-bond donors (Lipinski definition) is 2. The molecule has 12 heteroatoms. The smallest absolute Gasteiger partial charge is 0.416 e. The van der Waals surface area contributed by atoms with Crippen molar-refractivity contribution in [2.24, 2.45) is 5.92 Å². The van der Waals surface area contributed by atoms with E-state index in [0.717, 1.165) is 0 Å². The fourth-order valence-electron chi connectivity index (χ4n) is 1.88. The Morgan fingerprint density at radius 1 is 1.17 bits per heavy atom. The Bertz CT molecular complexity index is 654. The van der Waals surface area contributed by atoms with Crippen LogP contribution in [0.2, 0.25) is 0 Å². The van der Waals surface area contributed by atoms with Gasteiger partial charge >= 0.3 is 12.1 Å². The molecular formula is C12H12F3N3O6. The van der Waals surface area contributed by atoms with Gasteiger partial charge in [0.05, 0.1) is 15.4 Å². The number of nitro benzene ring substituents is 2. The minimum atomic E-state index is -5.04. The average Bonchev–Trinajstić information content (AvgIpc) is 2.41. The number of halogens is 3. The van der Waals surface area contributed by atoms with Crippen molar-refractivity contribution in [1.29, 1.82) is 0 Å². The molecule has 1 atom stereocenters. The third-order valence-corrected chi connectivity index (χ3v) is 3.05. The highest BCUT2D eigenvalue weighted by molar-refractivity contribution is 5.83. The second-order valence-electron chi connectivity index (χ2n) is 5.11. The van der Waals surface area contributed by atoms with Crippen molar-refractivity contribution in [3.05, 3.63) is 37.9 Å². The molecule has 0 heterocycles. The van der Waals surface area contributed by atoms with Gasteiger partial charge in [0.1, 0.15) is 6.04 Å². The molecular weight excluding hydrogens is 339 g/mol. The molecule has 132 valence electrons. The van der Waals surface area contributed by atoms with Gasteiger partial charge in [-0.2, -0.15) is 13.2 Å². The molecule has 2 N–H and O–H groups in total. The first kappa shape index (κ1) is 19.1. The lowest BCUT2D eigenvalue weighted by Crippen LogP contribution is -2.34. The van der Waals surface area contributed by atoms with Crippen LogP contribution in [0.4, 0.5) is 30.2 Å². The molecule has 1 aromatic carbocycles. The zero-order valence-corrected chi connectivity index (χ0v) is 12.3. The number of nitro groups is 2. The van der Waals surface area contributed by atoms with Crippen LogP contribution in [0.1, 0.15) is 19.4 Å². The molecule has 0 spiro atoms. The minimum Gasteiger partial charge on any atom is -0.480 e. The summed E-state index contributed by atoms with van der Waals surface area (Å²) in [6.45, 7) is 2.85. The molecule has 1 aromatic rings. The molecule has 0 radical (unpaired) electrons. The maximum absolute atomic E-state index is 12.8. The van der Waals surface area contributed by atoms with E-state index in [4.69, 9.17) is 5.11 Å². The highest BCUT2D eigenvalue weighted by Gasteiger charge is 2.39. The number of rotatable bonds is 6. The first-order valence-electron chi connectivity index (χ1n) is 6.39. The highest BCUT2D eigenvalue weighted by atomic mass is 19.4. The van der Waals surface area contributed by atoms with Crippen LogP contribution in [-0.2, 0) is 11.0 Å². The Balaban J connectivity index is 3.65. The van der Waals surface area contributed by atoms with E-state index in [2.05, 4.69) is 5.32 Å². The van der Waals surface area contributed by atoms with Crippen molar-refractivity contribution < 1.29 is 32.9 Å². The lowest BCUT2D eigenvalue weighted by atomic mass is 10.0. The number of anilines is 1. The van der Waals surface area contributed by atoms with Gasteiger partial charge in [0.25, 0.3) is 11.4 Å². The zero-order valence-electron chi connectivity index (χ0n) is 12.3. The monoisotopic (exact) mass is 351 g/mol. The molecule has 0 unspecified atom stereocenters. The van der Waals surface area contributed by atoms with Crippen LogP contribution in [0.5, 0.6) is 0 Å². The first-order chi connectivity index (χ1) is 10.9. The van der Waals surface area contributed by atoms with Gasteiger partial charge in [-0.3, -0.25) is 20.2 Å². The van der Waals surface area contributed by atoms with Gasteiger partial charge in [0.2, 0.25) is 0 Å². The van der Waals surface area contributed by atoms with E-state index in [1.165, 1.54) is 13.8 Å². The summed E-state index contributed by atoms with van der Waals surface area (Å²) in [5, 5.41) is 33.2. The second kappa shape index (κ2) is 6.68. The predicted octanol–water partition coefficient (Wildman–Crippen LogP) is 3.04. The molecule has 0 amide bonds. The summed E-state index contributed by atoms with van der Waals surface area (Å²) in [4.78, 5) is 30.7. The Morgan fingerprint density at radius 2 is 1.58 bits per heavy atom. The third kappa shape index (κ3) is 4.08. The Morgan fingerprint density at radius 3 is 1.83 bits per heavy atom. The maximum atomic E-state index is 12.8. The standard InChI is InChI=1S/C12H12F3N3O6/c1-5(2)9(11(19)20)16-10-7(17(21)22)3-6(12(13,14)15)4-8(10)18(23)24/h3-5,9,16H,1-2H3,(H,19,20)/t9-/m1/s1. The van der Waals surface area contributed by atoms with Crippen LogP contribution in [-0.4, -0.2) is 27.0 Å². The number of carbonyl (C=O) groups is 1. The van der Waals surface area contributed by atoms with Crippen molar-refractivity contribution in [3.63, 3.8) is 0 Å². The molecule has 0 saturated heterocycles. The van der Waals surface area contributed by atoms with Crippen LogP contribution in [0.15, 0.2) is 12.1 Å². The van der Waals surface area contributed by atoms with Gasteiger partial charge in [-0.15, -0.1) is 0 Å². The summed E-state index contributed by atoms with van der Waals surface area (Å²) >= 11 is 0. The number of alkyl halides is 3. The normalized spacial score (nSPS) is 12.8. The maximum Gasteiger partial charge on any atom is 0.416 e. The fraction of sp³-hybridized carbons (Fsp3) is 0.417. The first-order valence-corrected chi connectivity index (χ1v) is 6.39. The predicted molar refractivity (Wildman–Crippen MR) is 74.6 cm³/mol. The summed E-state index contributed by atoms with van der Waals surface area (Å²) in [5.74, 6) is -2.11. The van der Waals surface area contributed by atoms with E-state index >= 15 is 0 Å². The minimum absolute atomic E-state index is 0.120. The Kier molecular flexibility index (Phi) is 5.32. The molecule has 0 aliphatic rings. The summed E-state index contributed by atoms with van der Waals surface area (Å²) in [5.41, 5.74) is -4.94. The Labute approximate surface area is 132 Å². The summed E-state index contributed by atoms with van der Waals surface area (Å²) in [6, 6.07) is -1.23. The number of benzene rings is 1. The molecule has 0 aromatic heterocycles. The van der Waals surface area contributed by atoms with Gasteiger partial charge in [-0.25, -0.2) is 4.79 Å². The van der Waals surface area contributed by atoms with Gasteiger partial charge in [0, 0.05) is 12.1 Å². The lowest BCUT2D eigenvalue weighted by Gasteiger charge is -2.19. The van der Waals surface area contributed by atoms with Crippen LogP contribution in [0.25, 0.3) is 0 Å². The Hall–Kier alpha value is -2.92. The molecule has 9 nitrogen and oxygen atoms in total. The van der Waals surface area contributed by atoms with E-state index in [1.54, 1.807) is 0 Å². The van der Waals surface area contributed by atoms with Gasteiger partial charge in [0.15, 0.2) is 5.69 Å². The van der Waals surface area contributed by atoms with Crippen molar-refractivity contribution in [3.8, 4) is 0 Å². The van der Waals surface area contributed by atoms with Crippen molar-refractivity contribution in [2.45, 2.75) is 26.1 Å². The number of carboxylic acids is 1. The molecule has 1 rings (SSSR count). The van der Waals surface area contributed by atoms with Gasteiger partial charge < -0.3 is 10.4 Å². The van der Waals surface area contributed by atoms with Crippen LogP contribution < -0.4 is 5.32 Å². The number of nitrogens with one attached hydrogen (secondary N) is 1. The topological polar surface area (TPSA) is 136 Å². The van der Waals surface area contributed by atoms with E-state index in [-0.39, 0.29) is 12.1 Å². The molecule has 0 fully saturated rings. The summed E-state index contributed by atoms with van der Waals surface area (Å²) < 4.78 is 38.3. The molecule has 0 aliphatic carbocycles. The van der Waals surface area contributed by atoms with Gasteiger partial charge in [-0.1, -0.05) is 13.8 Å². The SMILES string of the molecule is CC(C)[C@@H](Nc1c([N+](=O)[O-])cc(C(F)(F)F)cc1[N+](=O)[O-])C(=O)O. The van der Waals surface area contributed by atoms with Crippen molar-refractivity contribution in [1.82, 2.24) is 0 Å². The van der Waals surface area contributed by atoms with Crippen LogP contribution >= 0.6 is 0 Å². The van der Waals surface area contributed by atoms with Crippen molar-refractivity contribution >= 4 is 23.0 Å². The third-order valence-electron chi connectivity index (χ3n) is 3.05. The van der Waals surface area contributed by atoms with Gasteiger partial charge in [-0.05, 0) is 5.92 Å². The quantitative estimate of drug-likeness (QED) is 0.594. The largest absolute Gasteiger partial charge is 0.480 e. The summed E-state index contributed by atoms with van der Waals surface area (Å²) in [6.07, 6.45) is -5.04. The fourth-order valence-corrected chi connectivity index (χ4v) is 1.88. The number of hydrogen-bond acceptors (Lipinski definition) is 6. The second-order valence-corrected chi connectivity index (χ2v) is 5.11. The van der Waals surface area contributed by atoms with Crippen molar-refractivity contribution in [2.75, 3.05) is 5.32 Å². The lowest BCUT2D eigenvalue weighted by molar-refractivity contribution is -0.392. The average molecular weight is 351 g/mol. The number of carboxylic acid groups (broad SMARTS) is 1. The van der Waals surface area contributed by atoms with Crippen LogP contribution in [0, 0.1) is 26.1 Å². The van der Waals surface area contributed by atoms with E-state index in [9.17, 15) is 38.2 Å². The number of nitrogens with zero attached hydrogens (tertiary/aromatic N) is 2. The highest BCUT2D eigenvalue weighted by Crippen LogP contribution is 2.41. The zero-order chi connectivity index (χ0) is 18.8.